The molecule has 0 amide bonds. The maximum Gasteiger partial charge on any atom is 0.101 e. The van der Waals surface area contributed by atoms with Crippen LogP contribution in [0.25, 0.3) is 82.4 Å². The Labute approximate surface area is 273 Å². The van der Waals surface area contributed by atoms with E-state index in [9.17, 15) is 5.26 Å². The number of hydrogen-bond donors (Lipinski definition) is 0. The maximum absolute atomic E-state index is 10.2. The molecule has 0 atom stereocenters. The number of benzene rings is 8. The van der Waals surface area contributed by atoms with Crippen molar-refractivity contribution in [2.75, 3.05) is 0 Å². The molecule has 1 aromatic heterocycles. The molecule has 0 unspecified atom stereocenters. The van der Waals surface area contributed by atoms with Crippen LogP contribution >= 0.6 is 0 Å². The number of fused-ring (bicyclic) bond motifs is 5. The van der Waals surface area contributed by atoms with Gasteiger partial charge in [-0.25, -0.2) is 0 Å². The molecule has 0 aliphatic heterocycles. The fraction of sp³-hybridized carbons (Fsp3) is 0. The number of rotatable bonds is 4. The van der Waals surface area contributed by atoms with Gasteiger partial charge in [-0.15, -0.1) is 0 Å². The molecule has 0 radical (unpaired) electrons. The first-order valence-corrected chi connectivity index (χ1v) is 15.9. The Morgan fingerprint density at radius 2 is 0.766 bits per heavy atom. The number of hydrogen-bond acceptors (Lipinski definition) is 1. The number of para-hydroxylation sites is 2. The summed E-state index contributed by atoms with van der Waals surface area (Å²) in [7, 11) is 0. The fourth-order valence-corrected chi connectivity index (χ4v) is 7.36. The lowest BCUT2D eigenvalue weighted by Crippen LogP contribution is -1.98. The van der Waals surface area contributed by atoms with Gasteiger partial charge in [0.15, 0.2) is 0 Å². The van der Waals surface area contributed by atoms with Crippen molar-refractivity contribution in [2.24, 2.45) is 0 Å². The Bertz CT molecular complexity index is 2560. The molecular formula is C45H28N2. The fourth-order valence-electron chi connectivity index (χ4n) is 7.36. The molecule has 2 heteroatoms. The molecule has 47 heavy (non-hydrogen) atoms. The van der Waals surface area contributed by atoms with Gasteiger partial charge in [-0.2, -0.15) is 5.26 Å². The van der Waals surface area contributed by atoms with Gasteiger partial charge in [0.2, 0.25) is 0 Å². The first-order valence-electron chi connectivity index (χ1n) is 15.9. The first-order chi connectivity index (χ1) is 23.3. The normalized spacial score (nSPS) is 11.4. The van der Waals surface area contributed by atoms with Crippen LogP contribution in [0, 0.1) is 11.3 Å². The number of aromatic nitrogens is 1. The molecular weight excluding hydrogens is 569 g/mol. The Kier molecular flexibility index (Phi) is 6.23. The average molecular weight is 597 g/mol. The van der Waals surface area contributed by atoms with Gasteiger partial charge in [-0.3, -0.25) is 0 Å². The van der Waals surface area contributed by atoms with Crippen LogP contribution in [0.4, 0.5) is 0 Å². The van der Waals surface area contributed by atoms with Crippen LogP contribution in [-0.2, 0) is 0 Å². The second-order valence-corrected chi connectivity index (χ2v) is 12.0. The topological polar surface area (TPSA) is 28.7 Å². The molecule has 9 rings (SSSR count). The molecule has 9 aromatic rings. The summed E-state index contributed by atoms with van der Waals surface area (Å²) >= 11 is 0. The average Bonchev–Trinajstić information content (AvgIpc) is 3.48. The molecule has 0 aliphatic carbocycles. The van der Waals surface area contributed by atoms with E-state index >= 15 is 0 Å². The summed E-state index contributed by atoms with van der Waals surface area (Å²) in [6, 6.07) is 62.6. The summed E-state index contributed by atoms with van der Waals surface area (Å²) in [5, 5.41) is 17.5. The van der Waals surface area contributed by atoms with Crippen LogP contribution in [0.15, 0.2) is 170 Å². The summed E-state index contributed by atoms with van der Waals surface area (Å²) in [5.41, 5.74) is 10.8. The Balaban J connectivity index is 1.21. The number of nitriles is 1. The predicted molar refractivity (Wildman–Crippen MR) is 197 cm³/mol. The smallest absolute Gasteiger partial charge is 0.101 e. The van der Waals surface area contributed by atoms with Gasteiger partial charge in [-0.05, 0) is 79.2 Å². The van der Waals surface area contributed by atoms with E-state index in [2.05, 4.69) is 174 Å². The standard InChI is InChI=1S/C45H28N2/c46-29-34-27-26-33(28-43(34)47-41-20-10-8-14-35(41)36-15-9-11-21-42(36)47)30-22-24-32(25-23-30)45-39-18-6-4-16-37(39)44(31-12-2-1-3-13-31)38-17-5-7-19-40(38)45/h1-28H. The van der Waals surface area contributed by atoms with Gasteiger partial charge in [-0.1, -0.05) is 146 Å². The molecule has 8 aromatic carbocycles. The third-order valence-electron chi connectivity index (χ3n) is 9.44. The van der Waals surface area contributed by atoms with Gasteiger partial charge < -0.3 is 4.57 Å². The minimum absolute atomic E-state index is 0.647. The SMILES string of the molecule is N#Cc1ccc(-c2ccc(-c3c4ccccc4c(-c4ccccc4)c4ccccc34)cc2)cc1-n1c2ccccc2c2ccccc21. The summed E-state index contributed by atoms with van der Waals surface area (Å²) < 4.78 is 2.23. The molecule has 2 nitrogen and oxygen atoms in total. The van der Waals surface area contributed by atoms with E-state index in [1.807, 2.05) is 6.07 Å². The summed E-state index contributed by atoms with van der Waals surface area (Å²) in [6.07, 6.45) is 0. The zero-order chi connectivity index (χ0) is 31.3. The van der Waals surface area contributed by atoms with E-state index < -0.39 is 0 Å². The van der Waals surface area contributed by atoms with Crippen LogP contribution in [0.2, 0.25) is 0 Å². The van der Waals surface area contributed by atoms with Crippen molar-refractivity contribution in [3.05, 3.63) is 175 Å². The summed E-state index contributed by atoms with van der Waals surface area (Å²) in [5.74, 6) is 0. The minimum Gasteiger partial charge on any atom is -0.308 e. The van der Waals surface area contributed by atoms with Crippen molar-refractivity contribution in [1.82, 2.24) is 4.57 Å². The van der Waals surface area contributed by atoms with Crippen LogP contribution in [0.5, 0.6) is 0 Å². The van der Waals surface area contributed by atoms with Crippen molar-refractivity contribution in [3.8, 4) is 45.1 Å². The van der Waals surface area contributed by atoms with Gasteiger partial charge in [0, 0.05) is 10.8 Å². The largest absolute Gasteiger partial charge is 0.308 e. The van der Waals surface area contributed by atoms with Crippen molar-refractivity contribution in [1.29, 1.82) is 5.26 Å². The third kappa shape index (κ3) is 4.26. The van der Waals surface area contributed by atoms with Crippen molar-refractivity contribution < 1.29 is 0 Å². The van der Waals surface area contributed by atoms with Crippen molar-refractivity contribution in [2.45, 2.75) is 0 Å². The molecule has 0 fully saturated rings. The lowest BCUT2D eigenvalue weighted by atomic mass is 9.86. The lowest BCUT2D eigenvalue weighted by Gasteiger charge is -2.18. The predicted octanol–water partition coefficient (Wildman–Crippen LogP) is 12.0. The highest BCUT2D eigenvalue weighted by molar-refractivity contribution is 6.21. The van der Waals surface area contributed by atoms with E-state index in [0.29, 0.717) is 5.56 Å². The van der Waals surface area contributed by atoms with Crippen LogP contribution < -0.4 is 0 Å². The zero-order valence-corrected chi connectivity index (χ0v) is 25.6. The molecule has 0 N–H and O–H groups in total. The van der Waals surface area contributed by atoms with Crippen molar-refractivity contribution >= 4 is 43.4 Å². The van der Waals surface area contributed by atoms with Crippen LogP contribution in [0.3, 0.4) is 0 Å². The van der Waals surface area contributed by atoms with Crippen molar-refractivity contribution in [3.63, 3.8) is 0 Å². The highest BCUT2D eigenvalue weighted by Gasteiger charge is 2.18. The molecule has 1 heterocycles. The van der Waals surface area contributed by atoms with Gasteiger partial charge in [0.1, 0.15) is 6.07 Å². The molecule has 0 bridgehead atoms. The minimum atomic E-state index is 0.647. The first kappa shape index (κ1) is 26.9. The van der Waals surface area contributed by atoms with E-state index in [4.69, 9.17) is 0 Å². The molecule has 0 aliphatic rings. The quantitative estimate of drug-likeness (QED) is 0.186. The Morgan fingerprint density at radius 3 is 1.28 bits per heavy atom. The van der Waals surface area contributed by atoms with E-state index in [-0.39, 0.29) is 0 Å². The second kappa shape index (κ2) is 10.9. The number of nitrogens with zero attached hydrogens (tertiary/aromatic N) is 2. The van der Waals surface area contributed by atoms with Gasteiger partial charge >= 0.3 is 0 Å². The Morgan fingerprint density at radius 1 is 0.362 bits per heavy atom. The third-order valence-corrected chi connectivity index (χ3v) is 9.44. The Hall–Kier alpha value is -6.43. The molecule has 0 spiro atoms. The van der Waals surface area contributed by atoms with Gasteiger partial charge in [0.25, 0.3) is 0 Å². The summed E-state index contributed by atoms with van der Waals surface area (Å²) in [4.78, 5) is 0. The summed E-state index contributed by atoms with van der Waals surface area (Å²) in [6.45, 7) is 0. The highest BCUT2D eigenvalue weighted by atomic mass is 15.0. The highest BCUT2D eigenvalue weighted by Crippen LogP contribution is 2.44. The zero-order valence-electron chi connectivity index (χ0n) is 25.6. The van der Waals surface area contributed by atoms with E-state index in [0.717, 1.165) is 27.8 Å². The van der Waals surface area contributed by atoms with Crippen LogP contribution in [-0.4, -0.2) is 4.57 Å². The maximum atomic E-state index is 10.2. The monoisotopic (exact) mass is 596 g/mol. The molecule has 0 saturated carbocycles. The molecule has 218 valence electrons. The van der Waals surface area contributed by atoms with Crippen LogP contribution in [0.1, 0.15) is 5.56 Å². The second-order valence-electron chi connectivity index (χ2n) is 12.0. The van der Waals surface area contributed by atoms with E-state index in [1.165, 1.54) is 54.6 Å². The van der Waals surface area contributed by atoms with E-state index in [1.54, 1.807) is 0 Å². The van der Waals surface area contributed by atoms with Gasteiger partial charge in [0.05, 0.1) is 22.3 Å². The lowest BCUT2D eigenvalue weighted by molar-refractivity contribution is 1.17. The molecule has 0 saturated heterocycles.